The molecule has 2 rings (SSSR count). The predicted octanol–water partition coefficient (Wildman–Crippen LogP) is 4.11. The molecule has 0 fully saturated rings. The van der Waals surface area contributed by atoms with Crippen LogP contribution >= 0.6 is 0 Å². The number of carbonyl (C=O) groups is 1. The normalized spacial score (nSPS) is 12.5. The van der Waals surface area contributed by atoms with Crippen LogP contribution in [0.1, 0.15) is 18.1 Å². The van der Waals surface area contributed by atoms with Gasteiger partial charge in [0.2, 0.25) is 5.91 Å². The van der Waals surface area contributed by atoms with E-state index in [-0.39, 0.29) is 5.91 Å². The number of alkyl halides is 3. The Kier molecular flexibility index (Phi) is 5.56. The topological polar surface area (TPSA) is 64.3 Å². The van der Waals surface area contributed by atoms with Crippen molar-refractivity contribution in [1.29, 1.82) is 0 Å². The van der Waals surface area contributed by atoms with Crippen molar-refractivity contribution in [2.75, 3.05) is 18.2 Å². The minimum atomic E-state index is -4.37. The first-order chi connectivity index (χ1) is 11.7. The van der Waals surface area contributed by atoms with Gasteiger partial charge in [-0.25, -0.2) is 0 Å². The van der Waals surface area contributed by atoms with Crippen molar-refractivity contribution in [3.05, 3.63) is 53.6 Å². The third-order valence-corrected chi connectivity index (χ3v) is 3.77. The molecule has 0 radical (unpaired) electrons. The Morgan fingerprint density at radius 3 is 2.36 bits per heavy atom. The van der Waals surface area contributed by atoms with Gasteiger partial charge in [-0.1, -0.05) is 19.1 Å². The maximum atomic E-state index is 12.6. The highest BCUT2D eigenvalue weighted by molar-refractivity contribution is 5.93. The number of nitrogens with two attached hydrogens (primary N) is 1. The zero-order chi connectivity index (χ0) is 18.6. The van der Waals surface area contributed by atoms with E-state index in [1.54, 1.807) is 25.1 Å². The summed E-state index contributed by atoms with van der Waals surface area (Å²) < 4.78 is 42.7. The smallest absolute Gasteiger partial charge is 0.416 e. The second-order valence-electron chi connectivity index (χ2n) is 5.75. The molecule has 0 aliphatic carbocycles. The van der Waals surface area contributed by atoms with Crippen molar-refractivity contribution >= 4 is 17.3 Å². The van der Waals surface area contributed by atoms with Gasteiger partial charge in [0.25, 0.3) is 0 Å². The Hall–Kier alpha value is -2.70. The molecule has 1 unspecified atom stereocenters. The summed E-state index contributed by atoms with van der Waals surface area (Å²) in [5, 5.41) is 2.74. The highest BCUT2D eigenvalue weighted by atomic mass is 19.4. The molecule has 0 aromatic heterocycles. The first-order valence-corrected chi connectivity index (χ1v) is 7.61. The van der Waals surface area contributed by atoms with E-state index in [1.807, 2.05) is 0 Å². The number of methoxy groups -OCH3 is 1. The zero-order valence-corrected chi connectivity index (χ0v) is 13.9. The molecular weight excluding hydrogens is 333 g/mol. The molecule has 2 aromatic carbocycles. The number of rotatable bonds is 5. The van der Waals surface area contributed by atoms with Crippen LogP contribution in [0.2, 0.25) is 0 Å². The highest BCUT2D eigenvalue weighted by Gasteiger charge is 2.30. The average Bonchev–Trinajstić information content (AvgIpc) is 2.54. The summed E-state index contributed by atoms with van der Waals surface area (Å²) in [6, 6.07) is 9.70. The van der Waals surface area contributed by atoms with Gasteiger partial charge in [-0.05, 0) is 42.3 Å². The molecule has 0 aliphatic rings. The van der Waals surface area contributed by atoms with Crippen LogP contribution in [0.4, 0.5) is 24.5 Å². The number of benzene rings is 2. The molecule has 1 amide bonds. The van der Waals surface area contributed by atoms with E-state index in [4.69, 9.17) is 10.5 Å². The van der Waals surface area contributed by atoms with Gasteiger partial charge in [-0.15, -0.1) is 0 Å². The number of hydrogen-bond acceptors (Lipinski definition) is 3. The minimum Gasteiger partial charge on any atom is -0.495 e. The number of ether oxygens (including phenoxy) is 1. The predicted molar refractivity (Wildman–Crippen MR) is 90.3 cm³/mol. The Morgan fingerprint density at radius 2 is 1.84 bits per heavy atom. The fraction of sp³-hybridized carbons (Fsp3) is 0.278. The van der Waals surface area contributed by atoms with Crippen LogP contribution in [-0.2, 0) is 17.4 Å². The number of carbonyl (C=O) groups excluding carboxylic acids is 1. The van der Waals surface area contributed by atoms with Crippen LogP contribution in [0.5, 0.6) is 5.75 Å². The lowest BCUT2D eigenvalue weighted by molar-refractivity contribution is -0.137. The molecule has 134 valence electrons. The Labute approximate surface area is 143 Å². The molecule has 4 nitrogen and oxygen atoms in total. The fourth-order valence-corrected chi connectivity index (χ4v) is 2.35. The summed E-state index contributed by atoms with van der Waals surface area (Å²) in [5.41, 5.74) is 6.67. The molecule has 0 aliphatic heterocycles. The number of halogens is 3. The Balaban J connectivity index is 1.99. The van der Waals surface area contributed by atoms with E-state index in [9.17, 15) is 18.0 Å². The van der Waals surface area contributed by atoms with Crippen molar-refractivity contribution in [3.8, 4) is 5.75 Å². The van der Waals surface area contributed by atoms with E-state index in [0.29, 0.717) is 29.1 Å². The van der Waals surface area contributed by atoms with E-state index < -0.39 is 17.7 Å². The van der Waals surface area contributed by atoms with Crippen LogP contribution < -0.4 is 15.8 Å². The summed E-state index contributed by atoms with van der Waals surface area (Å²) in [6.07, 6.45) is -4.04. The lowest BCUT2D eigenvalue weighted by Gasteiger charge is -2.14. The summed E-state index contributed by atoms with van der Waals surface area (Å²) in [7, 11) is 1.50. The van der Waals surface area contributed by atoms with Crippen LogP contribution in [0.3, 0.4) is 0 Å². The summed E-state index contributed by atoms with van der Waals surface area (Å²) in [4.78, 5) is 12.2. The molecule has 0 bridgehead atoms. The molecule has 1 atom stereocenters. The SMILES string of the molecule is COc1ccc(NC(=O)C(C)Cc2ccc(C(F)(F)F)cc2)cc1N. The fourth-order valence-electron chi connectivity index (χ4n) is 2.35. The number of anilines is 2. The first kappa shape index (κ1) is 18.6. The van der Waals surface area contributed by atoms with Crippen molar-refractivity contribution < 1.29 is 22.7 Å². The molecule has 0 saturated carbocycles. The van der Waals surface area contributed by atoms with Crippen molar-refractivity contribution in [2.45, 2.75) is 19.5 Å². The maximum Gasteiger partial charge on any atom is 0.416 e. The van der Waals surface area contributed by atoms with E-state index in [1.165, 1.54) is 19.2 Å². The van der Waals surface area contributed by atoms with Crippen LogP contribution in [-0.4, -0.2) is 13.0 Å². The molecule has 0 saturated heterocycles. The highest BCUT2D eigenvalue weighted by Crippen LogP contribution is 2.29. The minimum absolute atomic E-state index is 0.246. The van der Waals surface area contributed by atoms with E-state index in [2.05, 4.69) is 5.32 Å². The van der Waals surface area contributed by atoms with Crippen LogP contribution in [0, 0.1) is 5.92 Å². The molecule has 0 heterocycles. The summed E-state index contributed by atoms with van der Waals surface area (Å²) in [6.45, 7) is 1.71. The zero-order valence-electron chi connectivity index (χ0n) is 13.9. The van der Waals surface area contributed by atoms with Crippen LogP contribution in [0.15, 0.2) is 42.5 Å². The van der Waals surface area contributed by atoms with Gasteiger partial charge >= 0.3 is 6.18 Å². The lowest BCUT2D eigenvalue weighted by Crippen LogP contribution is -2.22. The first-order valence-electron chi connectivity index (χ1n) is 7.61. The number of nitrogens with one attached hydrogen (secondary N) is 1. The molecule has 0 spiro atoms. The van der Waals surface area contributed by atoms with Gasteiger partial charge in [0.05, 0.1) is 18.4 Å². The van der Waals surface area contributed by atoms with Crippen molar-refractivity contribution in [2.24, 2.45) is 5.92 Å². The quantitative estimate of drug-likeness (QED) is 0.796. The standard InChI is InChI=1S/C18H19F3N2O2/c1-11(9-12-3-5-13(6-4-12)18(19,20)21)17(24)23-14-7-8-16(25-2)15(22)10-14/h3-8,10-11H,9,22H2,1-2H3,(H,23,24). The number of nitrogen functional groups attached to an aromatic ring is 1. The van der Waals surface area contributed by atoms with Gasteiger partial charge in [-0.2, -0.15) is 13.2 Å². The van der Waals surface area contributed by atoms with Crippen molar-refractivity contribution in [3.63, 3.8) is 0 Å². The third-order valence-electron chi connectivity index (χ3n) is 3.77. The van der Waals surface area contributed by atoms with Gasteiger partial charge in [-0.3, -0.25) is 4.79 Å². The second-order valence-corrected chi connectivity index (χ2v) is 5.75. The molecular formula is C18H19F3N2O2. The van der Waals surface area contributed by atoms with E-state index >= 15 is 0 Å². The second kappa shape index (κ2) is 7.46. The van der Waals surface area contributed by atoms with Crippen molar-refractivity contribution in [1.82, 2.24) is 0 Å². The van der Waals surface area contributed by atoms with E-state index in [0.717, 1.165) is 12.1 Å². The van der Waals surface area contributed by atoms with Crippen LogP contribution in [0.25, 0.3) is 0 Å². The molecule has 2 aromatic rings. The number of amides is 1. The van der Waals surface area contributed by atoms with Gasteiger partial charge < -0.3 is 15.8 Å². The maximum absolute atomic E-state index is 12.6. The Bertz CT molecular complexity index is 743. The molecule has 7 heteroatoms. The van der Waals surface area contributed by atoms with Gasteiger partial charge in [0, 0.05) is 11.6 Å². The molecule has 3 N–H and O–H groups in total. The number of hydrogen-bond donors (Lipinski definition) is 2. The monoisotopic (exact) mass is 352 g/mol. The lowest BCUT2D eigenvalue weighted by atomic mass is 9.99. The third kappa shape index (κ3) is 4.89. The van der Waals surface area contributed by atoms with Gasteiger partial charge in [0.1, 0.15) is 5.75 Å². The summed E-state index contributed by atoms with van der Waals surface area (Å²) in [5.74, 6) is -0.152. The largest absolute Gasteiger partial charge is 0.495 e. The average molecular weight is 352 g/mol. The van der Waals surface area contributed by atoms with Gasteiger partial charge in [0.15, 0.2) is 0 Å². The summed E-state index contributed by atoms with van der Waals surface area (Å²) >= 11 is 0. The molecule has 25 heavy (non-hydrogen) atoms. The Morgan fingerprint density at radius 1 is 1.20 bits per heavy atom.